The van der Waals surface area contributed by atoms with Crippen molar-refractivity contribution in [3.63, 3.8) is 0 Å². The van der Waals surface area contributed by atoms with Gasteiger partial charge in [-0.1, -0.05) is 13.8 Å². The Balaban J connectivity index is 1.82. The highest BCUT2D eigenvalue weighted by Gasteiger charge is 2.15. The maximum atomic E-state index is 5.68. The molecule has 2 atom stereocenters. The Bertz CT molecular complexity index is 355. The first-order valence-corrected chi connectivity index (χ1v) is 7.84. The maximum Gasteiger partial charge on any atom is 0.0593 e. The summed E-state index contributed by atoms with van der Waals surface area (Å²) in [5.74, 6) is 0. The van der Waals surface area contributed by atoms with Gasteiger partial charge in [-0.3, -0.25) is 0 Å². The molecule has 0 saturated carbocycles. The van der Waals surface area contributed by atoms with Crippen LogP contribution in [-0.4, -0.2) is 23.8 Å². The van der Waals surface area contributed by atoms with E-state index in [2.05, 4.69) is 42.2 Å². The minimum absolute atomic E-state index is 0.492. The molecule has 0 amide bonds. The van der Waals surface area contributed by atoms with Gasteiger partial charge in [0.05, 0.1) is 6.10 Å². The van der Waals surface area contributed by atoms with Gasteiger partial charge in [0.1, 0.15) is 0 Å². The first kappa shape index (κ1) is 14.6. The number of aromatic nitrogens is 1. The molecule has 19 heavy (non-hydrogen) atoms. The van der Waals surface area contributed by atoms with Crippen LogP contribution in [0.4, 0.5) is 0 Å². The summed E-state index contributed by atoms with van der Waals surface area (Å²) in [4.78, 5) is 0. The van der Waals surface area contributed by atoms with Crippen LogP contribution in [0.5, 0.6) is 0 Å². The fraction of sp³-hybridized carbons (Fsp3) is 0.750. The molecule has 3 heteroatoms. The summed E-state index contributed by atoms with van der Waals surface area (Å²) in [7, 11) is 0. The topological polar surface area (TPSA) is 26.2 Å². The lowest BCUT2D eigenvalue weighted by molar-refractivity contribution is 0.100. The van der Waals surface area contributed by atoms with Crippen LogP contribution in [0.3, 0.4) is 0 Å². The second-order valence-electron chi connectivity index (χ2n) is 5.52. The van der Waals surface area contributed by atoms with Gasteiger partial charge in [-0.15, -0.1) is 0 Å². The first-order valence-electron chi connectivity index (χ1n) is 7.84. The number of hydrogen-bond donors (Lipinski definition) is 1. The van der Waals surface area contributed by atoms with E-state index in [9.17, 15) is 0 Å². The van der Waals surface area contributed by atoms with Gasteiger partial charge in [0.2, 0.25) is 0 Å². The number of ether oxygens (including phenoxy) is 1. The van der Waals surface area contributed by atoms with Gasteiger partial charge >= 0.3 is 0 Å². The van der Waals surface area contributed by atoms with Crippen LogP contribution in [-0.2, 0) is 11.3 Å². The molecule has 2 unspecified atom stereocenters. The lowest BCUT2D eigenvalue weighted by Gasteiger charge is -2.15. The highest BCUT2D eigenvalue weighted by atomic mass is 16.5. The van der Waals surface area contributed by atoms with E-state index in [0.29, 0.717) is 12.1 Å². The molecule has 1 aromatic heterocycles. The number of nitrogens with one attached hydrogen (secondary N) is 1. The summed E-state index contributed by atoms with van der Waals surface area (Å²) in [6.07, 6.45) is 11.0. The van der Waals surface area contributed by atoms with E-state index in [1.165, 1.54) is 24.8 Å². The number of aryl methyl sites for hydroxylation is 1. The SMILES string of the molecule is CCCNC(CC)c1ccn(CCC2CCCO2)c1. The largest absolute Gasteiger partial charge is 0.378 e. The summed E-state index contributed by atoms with van der Waals surface area (Å²) in [5, 5.41) is 3.61. The van der Waals surface area contributed by atoms with Gasteiger partial charge in [0.15, 0.2) is 0 Å². The van der Waals surface area contributed by atoms with Crippen LogP contribution in [0.2, 0.25) is 0 Å². The molecule has 0 aliphatic carbocycles. The third kappa shape index (κ3) is 4.36. The maximum absolute atomic E-state index is 5.68. The van der Waals surface area contributed by atoms with Crippen molar-refractivity contribution < 1.29 is 4.74 Å². The zero-order valence-electron chi connectivity index (χ0n) is 12.4. The van der Waals surface area contributed by atoms with Gasteiger partial charge < -0.3 is 14.6 Å². The van der Waals surface area contributed by atoms with Crippen molar-refractivity contribution in [3.8, 4) is 0 Å². The molecule has 3 nitrogen and oxygen atoms in total. The molecule has 2 heterocycles. The summed E-state index contributed by atoms with van der Waals surface area (Å²) in [6, 6.07) is 2.76. The zero-order valence-corrected chi connectivity index (χ0v) is 12.4. The van der Waals surface area contributed by atoms with Gasteiger partial charge in [0.25, 0.3) is 0 Å². The van der Waals surface area contributed by atoms with E-state index >= 15 is 0 Å². The van der Waals surface area contributed by atoms with E-state index in [1.807, 2.05) is 0 Å². The van der Waals surface area contributed by atoms with Crippen LogP contribution in [0.15, 0.2) is 18.5 Å². The molecule has 1 fully saturated rings. The van der Waals surface area contributed by atoms with E-state index in [1.54, 1.807) is 0 Å². The summed E-state index contributed by atoms with van der Waals surface area (Å²) in [6.45, 7) is 7.60. The predicted octanol–water partition coefficient (Wildman–Crippen LogP) is 3.51. The molecule has 1 aliphatic rings. The van der Waals surface area contributed by atoms with Gasteiger partial charge in [-0.05, 0) is 50.3 Å². The minimum atomic E-state index is 0.492. The standard InChI is InChI=1S/C16H28N2O/c1-3-9-17-16(4-2)14-7-10-18(13-14)11-8-15-6-5-12-19-15/h7,10,13,15-17H,3-6,8-9,11-12H2,1-2H3. The molecule has 0 bridgehead atoms. The Labute approximate surface area is 117 Å². The Morgan fingerprint density at radius 3 is 3.05 bits per heavy atom. The Hall–Kier alpha value is -0.800. The van der Waals surface area contributed by atoms with Crippen molar-refractivity contribution in [2.45, 2.75) is 64.6 Å². The third-order valence-electron chi connectivity index (χ3n) is 3.96. The van der Waals surface area contributed by atoms with Crippen molar-refractivity contribution in [2.24, 2.45) is 0 Å². The quantitative estimate of drug-likeness (QED) is 0.777. The Morgan fingerprint density at radius 1 is 1.47 bits per heavy atom. The molecule has 108 valence electrons. The van der Waals surface area contributed by atoms with Crippen molar-refractivity contribution in [2.75, 3.05) is 13.2 Å². The average Bonchev–Trinajstić information content (AvgIpc) is 3.09. The summed E-state index contributed by atoms with van der Waals surface area (Å²) in [5.41, 5.74) is 1.42. The first-order chi connectivity index (χ1) is 9.33. The van der Waals surface area contributed by atoms with Crippen molar-refractivity contribution in [3.05, 3.63) is 24.0 Å². The van der Waals surface area contributed by atoms with E-state index in [4.69, 9.17) is 4.74 Å². The van der Waals surface area contributed by atoms with Gasteiger partial charge in [-0.2, -0.15) is 0 Å². The van der Waals surface area contributed by atoms with Crippen molar-refractivity contribution in [1.82, 2.24) is 9.88 Å². The fourth-order valence-corrected chi connectivity index (χ4v) is 2.79. The van der Waals surface area contributed by atoms with E-state index in [0.717, 1.165) is 32.5 Å². The zero-order chi connectivity index (χ0) is 13.5. The molecule has 0 spiro atoms. The average molecular weight is 264 g/mol. The summed E-state index contributed by atoms with van der Waals surface area (Å²) >= 11 is 0. The molecule has 0 aromatic carbocycles. The molecule has 2 rings (SSSR count). The van der Waals surface area contributed by atoms with Gasteiger partial charge in [0, 0.05) is 31.6 Å². The smallest absolute Gasteiger partial charge is 0.0593 e. The van der Waals surface area contributed by atoms with E-state index < -0.39 is 0 Å². The Morgan fingerprint density at radius 2 is 2.37 bits per heavy atom. The molecule has 1 aliphatic heterocycles. The molecule has 1 saturated heterocycles. The fourth-order valence-electron chi connectivity index (χ4n) is 2.79. The van der Waals surface area contributed by atoms with Crippen LogP contribution >= 0.6 is 0 Å². The third-order valence-corrected chi connectivity index (χ3v) is 3.96. The molecular formula is C16H28N2O. The lowest BCUT2D eigenvalue weighted by atomic mass is 10.1. The van der Waals surface area contributed by atoms with Crippen LogP contribution in [0.1, 0.15) is 57.6 Å². The normalized spacial score (nSPS) is 20.8. The van der Waals surface area contributed by atoms with Crippen molar-refractivity contribution in [1.29, 1.82) is 0 Å². The highest BCUT2D eigenvalue weighted by molar-refractivity contribution is 5.15. The number of rotatable bonds is 8. The molecule has 1 N–H and O–H groups in total. The van der Waals surface area contributed by atoms with Crippen molar-refractivity contribution >= 4 is 0 Å². The van der Waals surface area contributed by atoms with E-state index in [-0.39, 0.29) is 0 Å². The second-order valence-corrected chi connectivity index (χ2v) is 5.52. The molecular weight excluding hydrogens is 236 g/mol. The van der Waals surface area contributed by atoms with Crippen LogP contribution < -0.4 is 5.32 Å². The minimum Gasteiger partial charge on any atom is -0.378 e. The van der Waals surface area contributed by atoms with Crippen LogP contribution in [0, 0.1) is 0 Å². The number of hydrogen-bond acceptors (Lipinski definition) is 2. The molecule has 1 aromatic rings. The van der Waals surface area contributed by atoms with Crippen LogP contribution in [0.25, 0.3) is 0 Å². The second kappa shape index (κ2) is 7.71. The highest BCUT2D eigenvalue weighted by Crippen LogP contribution is 2.19. The predicted molar refractivity (Wildman–Crippen MR) is 79.3 cm³/mol. The monoisotopic (exact) mass is 264 g/mol. The lowest BCUT2D eigenvalue weighted by Crippen LogP contribution is -2.21. The number of nitrogens with zero attached hydrogens (tertiary/aromatic N) is 1. The Kier molecular flexibility index (Phi) is 5.93. The summed E-state index contributed by atoms with van der Waals surface area (Å²) < 4.78 is 7.99. The van der Waals surface area contributed by atoms with Gasteiger partial charge in [-0.25, -0.2) is 0 Å². The molecule has 0 radical (unpaired) electrons.